The van der Waals surface area contributed by atoms with Gasteiger partial charge in [-0.2, -0.15) is 4.31 Å². The summed E-state index contributed by atoms with van der Waals surface area (Å²) in [5.41, 5.74) is -1.15. The van der Waals surface area contributed by atoms with Crippen molar-refractivity contribution in [3.05, 3.63) is 64.7 Å². The maximum absolute atomic E-state index is 14.5. The van der Waals surface area contributed by atoms with E-state index in [1.807, 2.05) is 0 Å². The Morgan fingerprint density at radius 2 is 1.88 bits per heavy atom. The lowest BCUT2D eigenvalue weighted by molar-refractivity contribution is -0.0312. The number of pyridine rings is 1. The number of hydrogen-bond acceptors (Lipinski definition) is 9. The van der Waals surface area contributed by atoms with Gasteiger partial charge in [0.15, 0.2) is 9.84 Å². The highest BCUT2D eigenvalue weighted by Gasteiger charge is 2.45. The number of aromatic nitrogens is 1. The van der Waals surface area contributed by atoms with Gasteiger partial charge >= 0.3 is 0 Å². The van der Waals surface area contributed by atoms with Gasteiger partial charge in [-0.25, -0.2) is 21.2 Å². The zero-order valence-electron chi connectivity index (χ0n) is 24.0. The predicted octanol–water partition coefficient (Wildman–Crippen LogP) is 1.91. The number of hydrogen-bond donors (Lipinski definition) is 2. The van der Waals surface area contributed by atoms with E-state index in [0.29, 0.717) is 38.2 Å². The van der Waals surface area contributed by atoms with Crippen molar-refractivity contribution >= 4 is 30.8 Å². The minimum Gasteiger partial charge on any atom is -0.491 e. The second-order valence-electron chi connectivity index (χ2n) is 11.2. The molecule has 0 radical (unpaired) electrons. The molecular weight excluding hydrogens is 601 g/mol. The zero-order chi connectivity index (χ0) is 31.0. The Hall–Kier alpha value is -2.88. The Bertz CT molecular complexity index is 1770. The van der Waals surface area contributed by atoms with E-state index >= 15 is 0 Å². The summed E-state index contributed by atoms with van der Waals surface area (Å²) in [6.07, 6.45) is 3.00. The number of nitrogens with zero attached hydrogens (tertiary/aromatic N) is 2. The summed E-state index contributed by atoms with van der Waals surface area (Å²) in [7, 11) is -7.50. The minimum absolute atomic E-state index is 0.0273. The molecule has 1 aromatic heterocycles. The summed E-state index contributed by atoms with van der Waals surface area (Å²) in [6.45, 7) is 2.98. The quantitative estimate of drug-likeness (QED) is 0.341. The molecule has 5 rings (SSSR count). The van der Waals surface area contributed by atoms with Crippen molar-refractivity contribution in [1.29, 1.82) is 0 Å². The third-order valence-corrected chi connectivity index (χ3v) is 11.1. The fraction of sp³-hybridized carbons (Fsp3) is 0.483. The molecule has 14 heteroatoms. The summed E-state index contributed by atoms with van der Waals surface area (Å²) in [5, 5.41) is 13.7. The highest BCUT2D eigenvalue weighted by Crippen LogP contribution is 2.37. The van der Waals surface area contributed by atoms with E-state index in [0.717, 1.165) is 6.26 Å². The molecule has 2 unspecified atom stereocenters. The van der Waals surface area contributed by atoms with Gasteiger partial charge in [0.05, 0.1) is 28.0 Å². The molecule has 2 fully saturated rings. The van der Waals surface area contributed by atoms with Crippen LogP contribution in [0, 0.1) is 5.82 Å². The van der Waals surface area contributed by atoms with Gasteiger partial charge < -0.3 is 24.5 Å². The number of aliphatic hydroxyl groups excluding tert-OH is 1. The van der Waals surface area contributed by atoms with Gasteiger partial charge in [0.2, 0.25) is 15.5 Å². The number of fused-ring (bicyclic) bond motifs is 1. The van der Waals surface area contributed by atoms with Gasteiger partial charge in [0.1, 0.15) is 29.2 Å². The molecular formula is C29H36FN3O8S2. The van der Waals surface area contributed by atoms with Crippen molar-refractivity contribution < 1.29 is 35.8 Å². The van der Waals surface area contributed by atoms with Gasteiger partial charge in [0.25, 0.3) is 0 Å². The Morgan fingerprint density at radius 3 is 2.58 bits per heavy atom. The molecule has 3 heterocycles. The molecule has 2 saturated heterocycles. The van der Waals surface area contributed by atoms with Crippen LogP contribution >= 0.6 is 0 Å². The lowest BCUT2D eigenvalue weighted by Crippen LogP contribution is -2.47. The minimum atomic E-state index is -4.13. The van der Waals surface area contributed by atoms with E-state index in [4.69, 9.17) is 9.47 Å². The van der Waals surface area contributed by atoms with Crippen molar-refractivity contribution in [2.75, 3.05) is 39.1 Å². The molecule has 0 amide bonds. The Labute approximate surface area is 250 Å². The van der Waals surface area contributed by atoms with E-state index in [1.165, 1.54) is 45.4 Å². The topological polar surface area (TPSA) is 144 Å². The SMILES string of the molecule is CCn1cc(S(=O)(=O)N2CCC3(CC2)CC(NCC(O)COc2cccc(S(C)(=O)=O)c2)CO3)c(=O)c2cccc(F)c21. The van der Waals surface area contributed by atoms with Gasteiger partial charge in [-0.15, -0.1) is 0 Å². The van der Waals surface area contributed by atoms with E-state index in [1.54, 1.807) is 19.1 Å². The summed E-state index contributed by atoms with van der Waals surface area (Å²) < 4.78 is 79.6. The smallest absolute Gasteiger partial charge is 0.248 e. The fourth-order valence-corrected chi connectivity index (χ4v) is 7.97. The Morgan fingerprint density at radius 1 is 1.16 bits per heavy atom. The summed E-state index contributed by atoms with van der Waals surface area (Å²) >= 11 is 0. The van der Waals surface area contributed by atoms with E-state index in [2.05, 4.69) is 5.32 Å². The van der Waals surface area contributed by atoms with E-state index < -0.39 is 42.8 Å². The third kappa shape index (κ3) is 6.64. The number of sulfonamides is 1. The molecule has 0 aliphatic carbocycles. The number of aliphatic hydroxyl groups is 1. The first-order valence-corrected chi connectivity index (χ1v) is 17.5. The van der Waals surface area contributed by atoms with Crippen LogP contribution in [0.25, 0.3) is 10.9 Å². The van der Waals surface area contributed by atoms with Crippen molar-refractivity contribution in [3.8, 4) is 5.75 Å². The third-order valence-electron chi connectivity index (χ3n) is 8.13. The highest BCUT2D eigenvalue weighted by atomic mass is 32.2. The maximum Gasteiger partial charge on any atom is 0.248 e. The molecule has 0 saturated carbocycles. The number of benzene rings is 2. The predicted molar refractivity (Wildman–Crippen MR) is 158 cm³/mol. The van der Waals surface area contributed by atoms with E-state index in [-0.39, 0.29) is 53.0 Å². The first kappa shape index (κ1) is 31.5. The van der Waals surface area contributed by atoms with Crippen LogP contribution in [0.5, 0.6) is 5.75 Å². The van der Waals surface area contributed by atoms with Crippen LogP contribution < -0.4 is 15.5 Å². The molecule has 43 heavy (non-hydrogen) atoms. The van der Waals surface area contributed by atoms with Gasteiger partial charge in [0, 0.05) is 44.7 Å². The number of para-hydroxylation sites is 1. The molecule has 2 aliphatic rings. The van der Waals surface area contributed by atoms with Gasteiger partial charge in [-0.3, -0.25) is 4.79 Å². The first-order valence-electron chi connectivity index (χ1n) is 14.1. The van der Waals surface area contributed by atoms with Crippen molar-refractivity contribution in [1.82, 2.24) is 14.2 Å². The molecule has 2 aromatic carbocycles. The highest BCUT2D eigenvalue weighted by molar-refractivity contribution is 7.90. The van der Waals surface area contributed by atoms with Crippen LogP contribution in [0.15, 0.2) is 63.2 Å². The molecule has 2 atom stereocenters. The number of halogens is 1. The number of rotatable bonds is 10. The van der Waals surface area contributed by atoms with Crippen LogP contribution in [0.4, 0.5) is 4.39 Å². The largest absolute Gasteiger partial charge is 0.491 e. The number of ether oxygens (including phenoxy) is 2. The second-order valence-corrected chi connectivity index (χ2v) is 15.1. The molecule has 11 nitrogen and oxygen atoms in total. The lowest BCUT2D eigenvalue weighted by atomic mass is 9.88. The molecule has 1 spiro atoms. The van der Waals surface area contributed by atoms with Crippen LogP contribution in [-0.4, -0.2) is 87.7 Å². The summed E-state index contributed by atoms with van der Waals surface area (Å²) in [6, 6.07) is 10.1. The van der Waals surface area contributed by atoms with Crippen LogP contribution in [0.3, 0.4) is 0 Å². The Balaban J connectivity index is 1.16. The molecule has 2 aliphatic heterocycles. The monoisotopic (exact) mass is 637 g/mol. The fourth-order valence-electron chi connectivity index (χ4n) is 5.77. The van der Waals surface area contributed by atoms with Gasteiger partial charge in [-0.05, 0) is 56.5 Å². The number of piperidine rings is 1. The number of aryl methyl sites for hydroxylation is 1. The molecule has 2 N–H and O–H groups in total. The van der Waals surface area contributed by atoms with Crippen molar-refractivity contribution in [2.24, 2.45) is 0 Å². The number of sulfone groups is 1. The first-order chi connectivity index (χ1) is 20.3. The normalized spacial score (nSPS) is 20.0. The van der Waals surface area contributed by atoms with Crippen LogP contribution in [-0.2, 0) is 31.1 Å². The van der Waals surface area contributed by atoms with Crippen molar-refractivity contribution in [3.63, 3.8) is 0 Å². The average molecular weight is 638 g/mol. The number of nitrogens with one attached hydrogen (secondary N) is 1. The zero-order valence-corrected chi connectivity index (χ0v) is 25.7. The molecule has 0 bridgehead atoms. The molecule has 234 valence electrons. The lowest BCUT2D eigenvalue weighted by Gasteiger charge is -2.38. The summed E-state index contributed by atoms with van der Waals surface area (Å²) in [5.74, 6) is -0.238. The van der Waals surface area contributed by atoms with Crippen LogP contribution in [0.2, 0.25) is 0 Å². The van der Waals surface area contributed by atoms with E-state index in [9.17, 15) is 31.1 Å². The van der Waals surface area contributed by atoms with Crippen molar-refractivity contribution in [2.45, 2.75) is 60.3 Å². The summed E-state index contributed by atoms with van der Waals surface area (Å²) in [4.78, 5) is 12.9. The maximum atomic E-state index is 14.5. The standard InChI is InChI=1S/C29H36FN3O8S2/c1-3-32-17-26(28(35)24-8-5-9-25(30)27(24)32)43(38,39)33-12-10-29(11-13-33)15-20(18-41-29)31-16-21(34)19-40-22-6-4-7-23(14-22)42(2,36)37/h4-9,14,17,20-21,31,34H,3,10-13,15-16,18-19H2,1-2H3. The average Bonchev–Trinajstić information content (AvgIpc) is 3.37. The van der Waals surface area contributed by atoms with Crippen LogP contribution in [0.1, 0.15) is 26.2 Å². The molecule has 3 aromatic rings. The Kier molecular flexibility index (Phi) is 8.99. The second kappa shape index (κ2) is 12.3. The van der Waals surface area contributed by atoms with Gasteiger partial charge in [-0.1, -0.05) is 12.1 Å².